The summed E-state index contributed by atoms with van der Waals surface area (Å²) < 4.78 is 27.1. The third-order valence-electron chi connectivity index (χ3n) is 6.72. The van der Waals surface area contributed by atoms with E-state index in [-0.39, 0.29) is 17.5 Å². The van der Waals surface area contributed by atoms with E-state index in [1.165, 1.54) is 6.42 Å². The molecule has 4 bridgehead atoms. The van der Waals surface area contributed by atoms with Gasteiger partial charge in [0.2, 0.25) is 5.91 Å². The van der Waals surface area contributed by atoms with Crippen LogP contribution in [0.25, 0.3) is 0 Å². The number of aliphatic hydroxyl groups is 2. The van der Waals surface area contributed by atoms with Crippen molar-refractivity contribution in [3.8, 4) is 6.07 Å². The van der Waals surface area contributed by atoms with Crippen molar-refractivity contribution in [1.82, 2.24) is 10.2 Å². The summed E-state index contributed by atoms with van der Waals surface area (Å²) in [6.07, 6.45) is 7.87. The Kier molecular flexibility index (Phi) is 6.56. The van der Waals surface area contributed by atoms with Gasteiger partial charge >= 0.3 is 0 Å². The number of carbonyl (C=O) groups is 1. The number of nitriles is 1. The average Bonchev–Trinajstić information content (AvgIpc) is 3.06. The lowest BCUT2D eigenvalue weighted by atomic mass is 9.51. The molecule has 5 fully saturated rings. The van der Waals surface area contributed by atoms with Crippen molar-refractivity contribution in [2.75, 3.05) is 25.4 Å². The summed E-state index contributed by atoms with van der Waals surface area (Å²) >= 11 is 0. The van der Waals surface area contributed by atoms with E-state index in [2.05, 4.69) is 11.4 Å². The van der Waals surface area contributed by atoms with Gasteiger partial charge in [0.15, 0.2) is 0 Å². The summed E-state index contributed by atoms with van der Waals surface area (Å²) in [6.45, 7) is 0.494. The van der Waals surface area contributed by atoms with Crippen molar-refractivity contribution in [3.63, 3.8) is 0 Å². The van der Waals surface area contributed by atoms with Gasteiger partial charge in [0.05, 0.1) is 30.6 Å². The predicted octanol–water partition coefficient (Wildman–Crippen LogP) is 0.0408. The Morgan fingerprint density at radius 2 is 1.90 bits per heavy atom. The lowest BCUT2D eigenvalue weighted by Gasteiger charge is -2.60. The SMILES string of the molecule is N#C[C@@H]1CCCN1C(=O)CNC12CC3CC(CC(O)(C3)C1)C2.O=S(=O)(O)CCO. The zero-order chi connectivity index (χ0) is 21.3. The second kappa shape index (κ2) is 8.47. The van der Waals surface area contributed by atoms with Crippen LogP contribution >= 0.6 is 0 Å². The largest absolute Gasteiger partial charge is 0.395 e. The summed E-state index contributed by atoms with van der Waals surface area (Å²) in [5, 5.41) is 31.2. The minimum absolute atomic E-state index is 0.0453. The number of rotatable bonds is 5. The molecule has 10 heteroatoms. The molecule has 1 heterocycles. The van der Waals surface area contributed by atoms with Gasteiger partial charge in [-0.05, 0) is 63.2 Å². The monoisotopic (exact) mass is 429 g/mol. The smallest absolute Gasteiger partial charge is 0.267 e. The van der Waals surface area contributed by atoms with E-state index in [9.17, 15) is 18.3 Å². The van der Waals surface area contributed by atoms with Crippen LogP contribution in [-0.4, -0.2) is 76.6 Å². The fraction of sp³-hybridized carbons (Fsp3) is 0.895. The summed E-state index contributed by atoms with van der Waals surface area (Å²) in [4.78, 5) is 14.2. The Labute approximate surface area is 171 Å². The number of likely N-dealkylation sites (tertiary alicyclic amines) is 1. The molecular weight excluding hydrogens is 398 g/mol. The van der Waals surface area contributed by atoms with Crippen LogP contribution < -0.4 is 5.32 Å². The van der Waals surface area contributed by atoms with E-state index >= 15 is 0 Å². The first-order valence-corrected chi connectivity index (χ1v) is 11.9. The zero-order valence-electron chi connectivity index (χ0n) is 16.6. The number of carbonyl (C=O) groups excluding carboxylic acids is 1. The van der Waals surface area contributed by atoms with Gasteiger partial charge in [-0.2, -0.15) is 13.7 Å². The molecule has 1 amide bonds. The molecule has 0 spiro atoms. The highest BCUT2D eigenvalue weighted by atomic mass is 32.2. The molecule has 1 saturated heterocycles. The Morgan fingerprint density at radius 1 is 1.24 bits per heavy atom. The van der Waals surface area contributed by atoms with Gasteiger partial charge in [-0.15, -0.1) is 0 Å². The van der Waals surface area contributed by atoms with Gasteiger partial charge in [-0.3, -0.25) is 9.35 Å². The number of aliphatic hydroxyl groups excluding tert-OH is 1. The average molecular weight is 430 g/mol. The Bertz CT molecular complexity index is 750. The highest BCUT2D eigenvalue weighted by Crippen LogP contribution is 2.57. The van der Waals surface area contributed by atoms with Gasteiger partial charge in [0.1, 0.15) is 6.04 Å². The minimum atomic E-state index is -3.92. The maximum absolute atomic E-state index is 12.4. The highest BCUT2D eigenvalue weighted by molar-refractivity contribution is 7.85. The molecule has 5 aliphatic rings. The third kappa shape index (κ3) is 5.47. The van der Waals surface area contributed by atoms with E-state index in [0.717, 1.165) is 44.9 Å². The topological polar surface area (TPSA) is 151 Å². The Balaban J connectivity index is 0.000000298. The molecule has 0 aromatic rings. The maximum Gasteiger partial charge on any atom is 0.267 e. The van der Waals surface area contributed by atoms with Crippen molar-refractivity contribution in [2.24, 2.45) is 11.8 Å². The molecule has 3 atom stereocenters. The molecule has 0 aromatic carbocycles. The van der Waals surface area contributed by atoms with Crippen molar-refractivity contribution in [3.05, 3.63) is 0 Å². The van der Waals surface area contributed by atoms with Crippen molar-refractivity contribution < 1.29 is 28.0 Å². The summed E-state index contributed by atoms with van der Waals surface area (Å²) in [5.74, 6) is 0.708. The van der Waals surface area contributed by atoms with E-state index in [1.807, 2.05) is 0 Å². The van der Waals surface area contributed by atoms with Gasteiger partial charge in [0, 0.05) is 12.1 Å². The van der Waals surface area contributed by atoms with Crippen LogP contribution in [0.3, 0.4) is 0 Å². The fourth-order valence-corrected chi connectivity index (χ4v) is 6.33. The van der Waals surface area contributed by atoms with Gasteiger partial charge in [-0.25, -0.2) is 0 Å². The number of hydrogen-bond donors (Lipinski definition) is 4. The highest BCUT2D eigenvalue weighted by Gasteiger charge is 2.57. The lowest BCUT2D eigenvalue weighted by molar-refractivity contribution is -0.147. The van der Waals surface area contributed by atoms with E-state index in [4.69, 9.17) is 14.9 Å². The molecule has 5 rings (SSSR count). The van der Waals surface area contributed by atoms with Crippen LogP contribution in [0.4, 0.5) is 0 Å². The number of nitrogens with zero attached hydrogens (tertiary/aromatic N) is 2. The Morgan fingerprint density at radius 3 is 2.38 bits per heavy atom. The first-order chi connectivity index (χ1) is 13.6. The molecule has 1 aliphatic heterocycles. The molecular formula is C19H31N3O6S. The van der Waals surface area contributed by atoms with Gasteiger partial charge in [-0.1, -0.05) is 0 Å². The van der Waals surface area contributed by atoms with Crippen molar-refractivity contribution in [1.29, 1.82) is 5.26 Å². The number of nitrogens with one attached hydrogen (secondary N) is 1. The quantitative estimate of drug-likeness (QED) is 0.447. The molecule has 9 nitrogen and oxygen atoms in total. The van der Waals surface area contributed by atoms with Crippen LogP contribution in [0.1, 0.15) is 51.4 Å². The normalized spacial score (nSPS) is 37.7. The fourth-order valence-electron chi connectivity index (χ4n) is 6.10. The third-order valence-corrected chi connectivity index (χ3v) is 7.41. The summed E-state index contributed by atoms with van der Waals surface area (Å²) in [5.41, 5.74) is -0.542. The number of amides is 1. The van der Waals surface area contributed by atoms with Crippen LogP contribution in [0.15, 0.2) is 0 Å². The minimum Gasteiger partial charge on any atom is -0.395 e. The van der Waals surface area contributed by atoms with Crippen LogP contribution in [0, 0.1) is 23.2 Å². The first-order valence-electron chi connectivity index (χ1n) is 10.3. The van der Waals surface area contributed by atoms with Gasteiger partial charge in [0.25, 0.3) is 10.1 Å². The van der Waals surface area contributed by atoms with Crippen molar-refractivity contribution >= 4 is 16.0 Å². The van der Waals surface area contributed by atoms with Crippen LogP contribution in [0.2, 0.25) is 0 Å². The van der Waals surface area contributed by atoms with E-state index in [1.54, 1.807) is 4.90 Å². The molecule has 4 saturated carbocycles. The van der Waals surface area contributed by atoms with Crippen LogP contribution in [0.5, 0.6) is 0 Å². The first kappa shape index (κ1) is 22.4. The predicted molar refractivity (Wildman–Crippen MR) is 104 cm³/mol. The standard InChI is InChI=1S/C17H25N3O2.C2H6O4S/c18-9-14-2-1-3-20(14)15(21)10-19-16-5-12-4-13(6-16)8-17(22,7-12)11-16;3-1-2-7(4,5)6/h12-14,19,22H,1-8,10-11H2;3H,1-2H2,(H,4,5,6)/t12?,13?,14-,16?,17?;/m0./s1. The van der Waals surface area contributed by atoms with Gasteiger partial charge < -0.3 is 20.4 Å². The molecule has 164 valence electrons. The lowest BCUT2D eigenvalue weighted by Crippen LogP contribution is -2.65. The molecule has 0 radical (unpaired) electrons. The van der Waals surface area contributed by atoms with E-state index < -0.39 is 28.1 Å². The summed E-state index contributed by atoms with van der Waals surface area (Å²) in [6, 6.07) is 1.99. The summed E-state index contributed by atoms with van der Waals surface area (Å²) in [7, 11) is -3.92. The second-order valence-electron chi connectivity index (χ2n) is 9.20. The Hall–Kier alpha value is -1.25. The molecule has 4 N–H and O–H groups in total. The van der Waals surface area contributed by atoms with E-state index in [0.29, 0.717) is 24.9 Å². The second-order valence-corrected chi connectivity index (χ2v) is 10.8. The molecule has 29 heavy (non-hydrogen) atoms. The zero-order valence-corrected chi connectivity index (χ0v) is 17.4. The number of hydrogen-bond acceptors (Lipinski definition) is 7. The van der Waals surface area contributed by atoms with Crippen molar-refractivity contribution in [2.45, 2.75) is 68.5 Å². The molecule has 4 aliphatic carbocycles. The maximum atomic E-state index is 12.4. The molecule has 0 aromatic heterocycles. The molecule has 2 unspecified atom stereocenters. The van der Waals surface area contributed by atoms with Crippen LogP contribution in [-0.2, 0) is 14.9 Å².